The van der Waals surface area contributed by atoms with Crippen molar-refractivity contribution in [3.8, 4) is 0 Å². The lowest BCUT2D eigenvalue weighted by molar-refractivity contribution is 0.0941. The molecule has 0 unspecified atom stereocenters. The van der Waals surface area contributed by atoms with Crippen LogP contribution >= 0.6 is 0 Å². The Morgan fingerprint density at radius 1 is 1.44 bits per heavy atom. The largest absolute Gasteiger partial charge is 0.396 e. The molecular formula is C10H8F2N4O2. The first kappa shape index (κ1) is 12.0. The van der Waals surface area contributed by atoms with Crippen LogP contribution in [0.25, 0.3) is 0 Å². The average Bonchev–Trinajstić information content (AvgIpc) is 2.85. The summed E-state index contributed by atoms with van der Waals surface area (Å²) in [6.45, 7) is -0.108. The molecule has 0 saturated carbocycles. The number of nitrogens with one attached hydrogen (secondary N) is 1. The number of aromatic nitrogens is 2. The Hall–Kier alpha value is -2.51. The zero-order valence-electron chi connectivity index (χ0n) is 8.98. The molecule has 0 aliphatic carbocycles. The molecule has 3 N–H and O–H groups in total. The number of amides is 1. The van der Waals surface area contributed by atoms with Crippen LogP contribution in [0.4, 0.5) is 14.5 Å². The van der Waals surface area contributed by atoms with Crippen molar-refractivity contribution in [2.75, 3.05) is 5.73 Å². The minimum absolute atomic E-state index is 0.108. The molecule has 2 rings (SSSR count). The normalized spacial score (nSPS) is 10.3. The van der Waals surface area contributed by atoms with Gasteiger partial charge in [0.05, 0.1) is 12.2 Å². The summed E-state index contributed by atoms with van der Waals surface area (Å²) >= 11 is 0. The predicted octanol–water partition coefficient (Wildman–Crippen LogP) is 0.860. The first-order chi connectivity index (χ1) is 8.59. The molecular weight excluding hydrogens is 246 g/mol. The fourth-order valence-electron chi connectivity index (χ4n) is 1.29. The van der Waals surface area contributed by atoms with Gasteiger partial charge in [-0.05, 0) is 12.1 Å². The fourth-order valence-corrected chi connectivity index (χ4v) is 1.29. The third-order valence-corrected chi connectivity index (χ3v) is 2.16. The molecule has 0 fully saturated rings. The second-order valence-corrected chi connectivity index (χ2v) is 3.36. The van der Waals surface area contributed by atoms with E-state index in [2.05, 4.69) is 20.0 Å². The molecule has 18 heavy (non-hydrogen) atoms. The van der Waals surface area contributed by atoms with Gasteiger partial charge in [-0.2, -0.15) is 4.98 Å². The number of carbonyl (C=O) groups excluding carboxylic acids is 1. The number of carbonyl (C=O) groups is 1. The molecule has 0 bridgehead atoms. The topological polar surface area (TPSA) is 94.0 Å². The van der Waals surface area contributed by atoms with E-state index in [4.69, 9.17) is 5.73 Å². The van der Waals surface area contributed by atoms with Crippen LogP contribution in [0.15, 0.2) is 23.0 Å². The maximum Gasteiger partial charge on any atom is 0.257 e. The Bertz CT molecular complexity index is 572. The van der Waals surface area contributed by atoms with E-state index in [0.29, 0.717) is 0 Å². The SMILES string of the molecule is Nc1ccc(F)c(C(=O)NCc2ncon2)c1F. The maximum atomic E-state index is 13.5. The summed E-state index contributed by atoms with van der Waals surface area (Å²) in [5, 5.41) is 5.68. The van der Waals surface area contributed by atoms with Gasteiger partial charge in [0, 0.05) is 0 Å². The van der Waals surface area contributed by atoms with Crippen molar-refractivity contribution >= 4 is 11.6 Å². The number of nitrogens with two attached hydrogens (primary N) is 1. The van der Waals surface area contributed by atoms with Gasteiger partial charge in [0.2, 0.25) is 6.39 Å². The molecule has 2 aromatic rings. The van der Waals surface area contributed by atoms with Crippen LogP contribution in [0.2, 0.25) is 0 Å². The lowest BCUT2D eigenvalue weighted by atomic mass is 10.1. The minimum atomic E-state index is -1.10. The highest BCUT2D eigenvalue weighted by atomic mass is 19.1. The first-order valence-corrected chi connectivity index (χ1v) is 4.86. The van der Waals surface area contributed by atoms with Gasteiger partial charge in [-0.25, -0.2) is 8.78 Å². The molecule has 0 aliphatic heterocycles. The molecule has 0 saturated heterocycles. The van der Waals surface area contributed by atoms with Crippen molar-refractivity contribution in [2.24, 2.45) is 0 Å². The van der Waals surface area contributed by atoms with Crippen LogP contribution in [0.3, 0.4) is 0 Å². The standard InChI is InChI=1S/C10H8F2N4O2/c11-5-1-2-6(13)9(12)8(5)10(17)14-3-7-15-4-18-16-7/h1-2,4H,3,13H2,(H,14,17). The highest BCUT2D eigenvalue weighted by molar-refractivity contribution is 5.95. The van der Waals surface area contributed by atoms with Gasteiger partial charge in [0.1, 0.15) is 11.4 Å². The molecule has 94 valence electrons. The second kappa shape index (κ2) is 4.78. The third-order valence-electron chi connectivity index (χ3n) is 2.16. The highest BCUT2D eigenvalue weighted by Gasteiger charge is 2.19. The Balaban J connectivity index is 2.16. The predicted molar refractivity (Wildman–Crippen MR) is 56.2 cm³/mol. The van der Waals surface area contributed by atoms with Gasteiger partial charge in [-0.15, -0.1) is 0 Å². The van der Waals surface area contributed by atoms with Crippen molar-refractivity contribution in [1.29, 1.82) is 0 Å². The number of benzene rings is 1. The molecule has 1 aromatic carbocycles. The van der Waals surface area contributed by atoms with E-state index < -0.39 is 23.1 Å². The van der Waals surface area contributed by atoms with Crippen molar-refractivity contribution in [3.05, 3.63) is 41.5 Å². The summed E-state index contributed by atoms with van der Waals surface area (Å²) in [6, 6.07) is 1.96. The molecule has 1 aromatic heterocycles. The zero-order valence-corrected chi connectivity index (χ0v) is 8.98. The molecule has 0 spiro atoms. The van der Waals surface area contributed by atoms with Crippen LogP contribution in [0.5, 0.6) is 0 Å². The molecule has 0 radical (unpaired) electrons. The Morgan fingerprint density at radius 3 is 2.89 bits per heavy atom. The van der Waals surface area contributed by atoms with E-state index in [9.17, 15) is 13.6 Å². The summed E-state index contributed by atoms with van der Waals surface area (Å²) in [6.07, 6.45) is 1.07. The van der Waals surface area contributed by atoms with E-state index in [1.807, 2.05) is 0 Å². The van der Waals surface area contributed by atoms with Crippen LogP contribution in [0.1, 0.15) is 16.2 Å². The summed E-state index contributed by atoms with van der Waals surface area (Å²) < 4.78 is 31.3. The summed E-state index contributed by atoms with van der Waals surface area (Å²) in [4.78, 5) is 15.2. The van der Waals surface area contributed by atoms with Gasteiger partial charge < -0.3 is 15.6 Å². The van der Waals surface area contributed by atoms with Crippen molar-refractivity contribution in [3.63, 3.8) is 0 Å². The number of anilines is 1. The van der Waals surface area contributed by atoms with Crippen molar-refractivity contribution < 1.29 is 18.1 Å². The summed E-state index contributed by atoms with van der Waals surface area (Å²) in [7, 11) is 0. The van der Waals surface area contributed by atoms with Crippen LogP contribution < -0.4 is 11.1 Å². The minimum Gasteiger partial charge on any atom is -0.396 e. The number of hydrogen-bond donors (Lipinski definition) is 2. The number of rotatable bonds is 3. The lowest BCUT2D eigenvalue weighted by Gasteiger charge is -2.06. The Kier molecular flexibility index (Phi) is 3.18. The monoisotopic (exact) mass is 254 g/mol. The van der Waals surface area contributed by atoms with Gasteiger partial charge in [0.15, 0.2) is 11.6 Å². The first-order valence-electron chi connectivity index (χ1n) is 4.86. The number of nitrogens with zero attached hydrogens (tertiary/aromatic N) is 2. The lowest BCUT2D eigenvalue weighted by Crippen LogP contribution is -2.26. The van der Waals surface area contributed by atoms with Gasteiger partial charge >= 0.3 is 0 Å². The Labute approximate surface area is 99.8 Å². The molecule has 0 atom stereocenters. The van der Waals surface area contributed by atoms with E-state index in [1.165, 1.54) is 0 Å². The van der Waals surface area contributed by atoms with E-state index in [-0.39, 0.29) is 18.1 Å². The van der Waals surface area contributed by atoms with E-state index in [1.54, 1.807) is 0 Å². The van der Waals surface area contributed by atoms with E-state index in [0.717, 1.165) is 18.5 Å². The third kappa shape index (κ3) is 2.26. The fraction of sp³-hybridized carbons (Fsp3) is 0.100. The highest BCUT2D eigenvalue weighted by Crippen LogP contribution is 2.18. The van der Waals surface area contributed by atoms with Gasteiger partial charge in [-0.1, -0.05) is 5.16 Å². The number of halogens is 2. The summed E-state index contributed by atoms with van der Waals surface area (Å²) in [5.41, 5.74) is 4.21. The molecule has 8 heteroatoms. The molecule has 0 aliphatic rings. The van der Waals surface area contributed by atoms with Crippen molar-refractivity contribution in [2.45, 2.75) is 6.54 Å². The van der Waals surface area contributed by atoms with Gasteiger partial charge in [0.25, 0.3) is 5.91 Å². The number of nitrogen functional groups attached to an aromatic ring is 1. The van der Waals surface area contributed by atoms with Crippen molar-refractivity contribution in [1.82, 2.24) is 15.5 Å². The second-order valence-electron chi connectivity index (χ2n) is 3.36. The molecule has 1 heterocycles. The van der Waals surface area contributed by atoms with Crippen LogP contribution in [-0.4, -0.2) is 16.0 Å². The zero-order chi connectivity index (χ0) is 13.1. The Morgan fingerprint density at radius 2 is 2.22 bits per heavy atom. The molecule has 1 amide bonds. The maximum absolute atomic E-state index is 13.5. The number of hydrogen-bond acceptors (Lipinski definition) is 5. The van der Waals surface area contributed by atoms with Crippen LogP contribution in [0, 0.1) is 11.6 Å². The average molecular weight is 254 g/mol. The molecule has 6 nitrogen and oxygen atoms in total. The van der Waals surface area contributed by atoms with E-state index >= 15 is 0 Å². The van der Waals surface area contributed by atoms with Crippen LogP contribution in [-0.2, 0) is 6.54 Å². The van der Waals surface area contributed by atoms with Gasteiger partial charge in [-0.3, -0.25) is 4.79 Å². The quantitative estimate of drug-likeness (QED) is 0.792. The summed E-state index contributed by atoms with van der Waals surface area (Å²) in [5.74, 6) is -2.84. The smallest absolute Gasteiger partial charge is 0.257 e.